The van der Waals surface area contributed by atoms with Crippen molar-refractivity contribution in [2.75, 3.05) is 5.73 Å². The average molecular weight is 205 g/mol. The molecule has 0 aliphatic carbocycles. The van der Waals surface area contributed by atoms with Crippen molar-refractivity contribution in [2.45, 2.75) is 17.6 Å². The molecule has 0 amide bonds. The van der Waals surface area contributed by atoms with Gasteiger partial charge in [-0.15, -0.1) is 0 Å². The van der Waals surface area contributed by atoms with Gasteiger partial charge in [0.2, 0.25) is 0 Å². The first-order valence-corrected chi connectivity index (χ1v) is 4.78. The third-order valence-electron chi connectivity index (χ3n) is 1.54. The standard InChI is InChI=1S/C8H9F2NOS/c1-5-2-3-7(6(11)4-5)13(12)8(9)10/h2-4,8H,11H2,1H3. The lowest BCUT2D eigenvalue weighted by atomic mass is 10.2. The fourth-order valence-corrected chi connectivity index (χ4v) is 1.63. The molecule has 0 radical (unpaired) electrons. The van der Waals surface area contributed by atoms with Crippen LogP contribution < -0.4 is 5.73 Å². The molecule has 2 nitrogen and oxygen atoms in total. The van der Waals surface area contributed by atoms with E-state index < -0.39 is 16.6 Å². The van der Waals surface area contributed by atoms with Crippen LogP contribution in [-0.2, 0) is 10.8 Å². The van der Waals surface area contributed by atoms with Crippen LogP contribution in [0.4, 0.5) is 14.5 Å². The van der Waals surface area contributed by atoms with Gasteiger partial charge in [0.25, 0.3) is 0 Å². The summed E-state index contributed by atoms with van der Waals surface area (Å²) in [5, 5.41) is 0. The van der Waals surface area contributed by atoms with E-state index in [-0.39, 0.29) is 10.6 Å². The summed E-state index contributed by atoms with van der Waals surface area (Å²) in [7, 11) is -2.31. The first-order valence-electron chi connectivity index (χ1n) is 3.57. The van der Waals surface area contributed by atoms with Crippen molar-refractivity contribution in [2.24, 2.45) is 0 Å². The molecule has 1 aromatic carbocycles. The summed E-state index contributed by atoms with van der Waals surface area (Å²) < 4.78 is 35.0. The Morgan fingerprint density at radius 2 is 2.08 bits per heavy atom. The second kappa shape index (κ2) is 3.83. The lowest BCUT2D eigenvalue weighted by Gasteiger charge is -2.04. The maximum atomic E-state index is 12.0. The zero-order chi connectivity index (χ0) is 10.0. The van der Waals surface area contributed by atoms with Gasteiger partial charge < -0.3 is 5.73 Å². The van der Waals surface area contributed by atoms with Gasteiger partial charge in [-0.1, -0.05) is 6.07 Å². The molecule has 1 aromatic rings. The highest BCUT2D eigenvalue weighted by Crippen LogP contribution is 2.21. The molecule has 0 aliphatic heterocycles. The summed E-state index contributed by atoms with van der Waals surface area (Å²) in [6.45, 7) is 1.78. The minimum Gasteiger partial charge on any atom is -0.398 e. The van der Waals surface area contributed by atoms with Crippen molar-refractivity contribution in [3.63, 3.8) is 0 Å². The molecule has 13 heavy (non-hydrogen) atoms. The highest BCUT2D eigenvalue weighted by Gasteiger charge is 2.17. The van der Waals surface area contributed by atoms with Gasteiger partial charge in [0, 0.05) is 5.69 Å². The summed E-state index contributed by atoms with van der Waals surface area (Å²) in [4.78, 5) is 0.000556. The Bertz CT molecular complexity index is 341. The summed E-state index contributed by atoms with van der Waals surface area (Å²) >= 11 is 0. The quantitative estimate of drug-likeness (QED) is 0.749. The van der Waals surface area contributed by atoms with E-state index in [1.54, 1.807) is 13.0 Å². The SMILES string of the molecule is Cc1ccc(S(=O)C(F)F)c(N)c1. The summed E-state index contributed by atoms with van der Waals surface area (Å²) in [6.07, 6.45) is 0. The number of nitrogens with two attached hydrogens (primary N) is 1. The summed E-state index contributed by atoms with van der Waals surface area (Å²) in [6, 6.07) is 4.49. The van der Waals surface area contributed by atoms with Crippen LogP contribution in [0.5, 0.6) is 0 Å². The largest absolute Gasteiger partial charge is 0.398 e. The van der Waals surface area contributed by atoms with Gasteiger partial charge in [0.15, 0.2) is 0 Å². The predicted molar refractivity (Wildman–Crippen MR) is 48.0 cm³/mol. The zero-order valence-corrected chi connectivity index (χ0v) is 7.78. The molecule has 0 heterocycles. The third-order valence-corrected chi connectivity index (χ3v) is 2.67. The highest BCUT2D eigenvalue weighted by molar-refractivity contribution is 7.85. The summed E-state index contributed by atoms with van der Waals surface area (Å²) in [5.41, 5.74) is 6.44. The van der Waals surface area contributed by atoms with Crippen LogP contribution in [0.1, 0.15) is 5.56 Å². The second-order valence-corrected chi connectivity index (χ2v) is 3.99. The average Bonchev–Trinajstić information content (AvgIpc) is 2.03. The monoisotopic (exact) mass is 205 g/mol. The van der Waals surface area contributed by atoms with Crippen molar-refractivity contribution < 1.29 is 13.0 Å². The van der Waals surface area contributed by atoms with E-state index in [1.165, 1.54) is 12.1 Å². The molecule has 5 heteroatoms. The molecule has 0 fully saturated rings. The molecule has 0 saturated heterocycles. The van der Waals surface area contributed by atoms with Crippen molar-refractivity contribution >= 4 is 16.5 Å². The normalized spacial score (nSPS) is 13.2. The molecule has 0 spiro atoms. The first kappa shape index (κ1) is 10.1. The van der Waals surface area contributed by atoms with Gasteiger partial charge in [-0.2, -0.15) is 8.78 Å². The van der Waals surface area contributed by atoms with E-state index >= 15 is 0 Å². The Morgan fingerprint density at radius 3 is 2.54 bits per heavy atom. The van der Waals surface area contributed by atoms with Crippen molar-refractivity contribution in [1.29, 1.82) is 0 Å². The highest BCUT2D eigenvalue weighted by atomic mass is 32.2. The van der Waals surface area contributed by atoms with Crippen LogP contribution in [0.25, 0.3) is 0 Å². The van der Waals surface area contributed by atoms with Gasteiger partial charge in [0.05, 0.1) is 4.90 Å². The molecular formula is C8H9F2NOS. The van der Waals surface area contributed by atoms with Crippen molar-refractivity contribution in [1.82, 2.24) is 0 Å². The van der Waals surface area contributed by atoms with E-state index in [2.05, 4.69) is 0 Å². The van der Waals surface area contributed by atoms with Gasteiger partial charge in [0.1, 0.15) is 10.8 Å². The van der Waals surface area contributed by atoms with Crippen LogP contribution in [0.3, 0.4) is 0 Å². The number of anilines is 1. The second-order valence-electron chi connectivity index (χ2n) is 2.60. The van der Waals surface area contributed by atoms with E-state index in [0.29, 0.717) is 0 Å². The van der Waals surface area contributed by atoms with E-state index in [1.807, 2.05) is 0 Å². The number of benzene rings is 1. The molecule has 0 aliphatic rings. The molecule has 2 N–H and O–H groups in total. The number of nitrogen functional groups attached to an aromatic ring is 1. The van der Waals surface area contributed by atoms with Gasteiger partial charge in [-0.05, 0) is 24.6 Å². The van der Waals surface area contributed by atoms with Gasteiger partial charge >= 0.3 is 5.76 Å². The fraction of sp³-hybridized carbons (Fsp3) is 0.250. The fourth-order valence-electron chi connectivity index (χ4n) is 0.947. The number of rotatable bonds is 2. The maximum Gasteiger partial charge on any atom is 0.316 e. The first-order chi connectivity index (χ1) is 6.02. The Morgan fingerprint density at radius 1 is 1.46 bits per heavy atom. The summed E-state index contributed by atoms with van der Waals surface area (Å²) in [5.74, 6) is -2.88. The predicted octanol–water partition coefficient (Wildman–Crippen LogP) is 1.91. The minimum atomic E-state index is -2.88. The van der Waals surface area contributed by atoms with Crippen LogP contribution in [0.15, 0.2) is 23.1 Å². The minimum absolute atomic E-state index is 0.000556. The molecule has 0 saturated carbocycles. The molecule has 1 unspecified atom stereocenters. The smallest absolute Gasteiger partial charge is 0.316 e. The van der Waals surface area contributed by atoms with Crippen LogP contribution in [0.2, 0.25) is 0 Å². The van der Waals surface area contributed by atoms with Crippen molar-refractivity contribution in [3.8, 4) is 0 Å². The third kappa shape index (κ3) is 2.24. The topological polar surface area (TPSA) is 43.1 Å². The van der Waals surface area contributed by atoms with Gasteiger partial charge in [-0.3, -0.25) is 0 Å². The number of hydrogen-bond donors (Lipinski definition) is 1. The molecule has 0 aromatic heterocycles. The Hall–Kier alpha value is -0.970. The molecule has 72 valence electrons. The zero-order valence-electron chi connectivity index (χ0n) is 6.96. The Balaban J connectivity index is 3.09. The molecule has 1 rings (SSSR count). The molecule has 1 atom stereocenters. The van der Waals surface area contributed by atoms with Crippen LogP contribution in [0, 0.1) is 6.92 Å². The van der Waals surface area contributed by atoms with E-state index in [4.69, 9.17) is 5.73 Å². The molecular weight excluding hydrogens is 196 g/mol. The Kier molecular flexibility index (Phi) is 2.98. The maximum absolute atomic E-state index is 12.0. The van der Waals surface area contributed by atoms with Gasteiger partial charge in [-0.25, -0.2) is 4.21 Å². The van der Waals surface area contributed by atoms with E-state index in [9.17, 15) is 13.0 Å². The number of hydrogen-bond acceptors (Lipinski definition) is 2. The molecule has 0 bridgehead atoms. The van der Waals surface area contributed by atoms with Crippen molar-refractivity contribution in [3.05, 3.63) is 23.8 Å². The lowest BCUT2D eigenvalue weighted by molar-refractivity contribution is 0.244. The van der Waals surface area contributed by atoms with Crippen LogP contribution in [-0.4, -0.2) is 9.97 Å². The number of aryl methyl sites for hydroxylation is 1. The van der Waals surface area contributed by atoms with Crippen LogP contribution >= 0.6 is 0 Å². The Labute approximate surface area is 77.2 Å². The van der Waals surface area contributed by atoms with E-state index in [0.717, 1.165) is 5.56 Å². The number of alkyl halides is 2. The number of halogens is 2. The lowest BCUT2D eigenvalue weighted by Crippen LogP contribution is -2.05.